The molecule has 1 atom stereocenters. The first-order chi connectivity index (χ1) is 17.9. The number of aromatic carboxylic acids is 1. The average molecular weight is 537 g/mol. The Bertz CT molecular complexity index is 1600. The third-order valence-electron chi connectivity index (χ3n) is 5.29. The van der Waals surface area contributed by atoms with E-state index in [1.165, 1.54) is 0 Å². The normalized spacial score (nSPS) is 12.1. The number of amides is 2. The Morgan fingerprint density at radius 3 is 2.50 bits per heavy atom. The van der Waals surface area contributed by atoms with Crippen LogP contribution in [0.4, 0.5) is 10.5 Å². The summed E-state index contributed by atoms with van der Waals surface area (Å²) < 4.78 is 5.38. The number of carbonyl (C=O) groups is 3. The molecule has 0 saturated heterocycles. The second-order valence-electron chi connectivity index (χ2n) is 9.22. The van der Waals surface area contributed by atoms with Gasteiger partial charge >= 0.3 is 12.1 Å². The van der Waals surface area contributed by atoms with E-state index in [4.69, 9.17) is 4.74 Å². The van der Waals surface area contributed by atoms with Gasteiger partial charge in [0.15, 0.2) is 11.5 Å². The van der Waals surface area contributed by atoms with Gasteiger partial charge < -0.3 is 30.6 Å². The number of carbonyl (C=O) groups excluding carboxylic acids is 2. The molecule has 0 spiro atoms. The summed E-state index contributed by atoms with van der Waals surface area (Å²) in [6, 6.07) is 13.1. The Balaban J connectivity index is 1.73. The Morgan fingerprint density at radius 1 is 1.08 bits per heavy atom. The van der Waals surface area contributed by atoms with Crippen molar-refractivity contribution in [1.82, 2.24) is 15.3 Å². The van der Waals surface area contributed by atoms with Crippen LogP contribution < -0.4 is 16.2 Å². The van der Waals surface area contributed by atoms with Crippen molar-refractivity contribution in [2.24, 2.45) is 0 Å². The molecule has 0 fully saturated rings. The SMILES string of the molecule is CC(C)(C)OC(=O)NC(C(=O)Nc1ccsc1-c1nc(C(=O)O)c(O)c(=O)[nH]1)c1cccc2ccccc12. The van der Waals surface area contributed by atoms with E-state index in [-0.39, 0.29) is 16.4 Å². The monoisotopic (exact) mass is 536 g/mol. The number of alkyl carbamates (subject to hydrolysis) is 1. The van der Waals surface area contributed by atoms with Crippen molar-refractivity contribution in [3.05, 3.63) is 75.5 Å². The first kappa shape index (κ1) is 26.4. The minimum atomic E-state index is -1.59. The standard InChI is InChI=1S/C26H24N4O7S/c1-26(2,3)37-25(36)29-17(15-10-6-8-13-7-4-5-9-14(13)15)22(32)27-16-11-12-38-20(16)21-28-18(24(34)35)19(31)23(33)30-21/h4-12,17,31H,1-3H3,(H,27,32)(H,29,36)(H,34,35)(H,28,30,33). The predicted octanol–water partition coefficient (Wildman–Crippen LogP) is 4.26. The zero-order chi connectivity index (χ0) is 27.6. The zero-order valence-electron chi connectivity index (χ0n) is 20.6. The Morgan fingerprint density at radius 2 is 1.79 bits per heavy atom. The van der Waals surface area contributed by atoms with Gasteiger partial charge in [0.2, 0.25) is 5.75 Å². The summed E-state index contributed by atoms with van der Waals surface area (Å²) in [6.45, 7) is 5.11. The van der Waals surface area contributed by atoms with Crippen LogP contribution in [0.3, 0.4) is 0 Å². The Kier molecular flexibility index (Phi) is 7.17. The summed E-state index contributed by atoms with van der Waals surface area (Å²) in [5, 5.41) is 27.6. The van der Waals surface area contributed by atoms with Crippen molar-refractivity contribution in [1.29, 1.82) is 0 Å². The molecule has 11 nitrogen and oxygen atoms in total. The van der Waals surface area contributed by atoms with Gasteiger partial charge in [0.05, 0.1) is 10.6 Å². The molecule has 0 saturated carbocycles. The molecule has 0 aliphatic heterocycles. The second-order valence-corrected chi connectivity index (χ2v) is 10.1. The lowest BCUT2D eigenvalue weighted by atomic mass is 9.98. The number of hydrogen-bond acceptors (Lipinski definition) is 8. The van der Waals surface area contributed by atoms with Crippen molar-refractivity contribution < 1.29 is 29.3 Å². The van der Waals surface area contributed by atoms with Gasteiger partial charge in [0.1, 0.15) is 11.6 Å². The summed E-state index contributed by atoms with van der Waals surface area (Å²) >= 11 is 1.08. The lowest BCUT2D eigenvalue weighted by Crippen LogP contribution is -2.40. The largest absolute Gasteiger partial charge is 0.501 e. The number of nitrogens with one attached hydrogen (secondary N) is 3. The molecule has 5 N–H and O–H groups in total. The summed E-state index contributed by atoms with van der Waals surface area (Å²) in [7, 11) is 0. The van der Waals surface area contributed by atoms with Gasteiger partial charge in [-0.15, -0.1) is 11.3 Å². The summed E-state index contributed by atoms with van der Waals surface area (Å²) in [4.78, 5) is 56.3. The number of carboxylic acids is 1. The van der Waals surface area contributed by atoms with E-state index in [9.17, 15) is 29.4 Å². The van der Waals surface area contributed by atoms with Crippen LogP contribution in [-0.4, -0.2) is 43.8 Å². The van der Waals surface area contributed by atoms with Crippen molar-refractivity contribution in [2.75, 3.05) is 5.32 Å². The van der Waals surface area contributed by atoms with Crippen molar-refractivity contribution in [3.8, 4) is 16.5 Å². The molecule has 2 aromatic heterocycles. The fourth-order valence-corrected chi connectivity index (χ4v) is 4.53. The van der Waals surface area contributed by atoms with Crippen LogP contribution >= 0.6 is 11.3 Å². The van der Waals surface area contributed by atoms with E-state index in [1.54, 1.807) is 44.4 Å². The molecule has 0 bridgehead atoms. The smallest absolute Gasteiger partial charge is 0.408 e. The van der Waals surface area contributed by atoms with Crippen molar-refractivity contribution in [3.63, 3.8) is 0 Å². The van der Waals surface area contributed by atoms with Crippen molar-refractivity contribution in [2.45, 2.75) is 32.4 Å². The van der Waals surface area contributed by atoms with Gasteiger partial charge in [-0.25, -0.2) is 14.6 Å². The molecule has 2 heterocycles. The number of carboxylic acid groups (broad SMARTS) is 1. The minimum absolute atomic E-state index is 0.155. The lowest BCUT2D eigenvalue weighted by molar-refractivity contribution is -0.118. The van der Waals surface area contributed by atoms with Gasteiger partial charge in [-0.1, -0.05) is 42.5 Å². The van der Waals surface area contributed by atoms with E-state index in [0.29, 0.717) is 5.56 Å². The molecule has 0 aliphatic rings. The molecule has 38 heavy (non-hydrogen) atoms. The van der Waals surface area contributed by atoms with E-state index in [1.807, 2.05) is 30.3 Å². The van der Waals surface area contributed by atoms with Crippen LogP contribution in [0.1, 0.15) is 42.9 Å². The van der Waals surface area contributed by atoms with Crippen LogP contribution in [0.5, 0.6) is 5.75 Å². The number of aromatic hydroxyl groups is 1. The van der Waals surface area contributed by atoms with Crippen LogP contribution in [0.2, 0.25) is 0 Å². The zero-order valence-corrected chi connectivity index (χ0v) is 21.4. The maximum atomic E-state index is 13.6. The molecule has 0 radical (unpaired) electrons. The number of H-pyrrole nitrogens is 1. The number of aromatic nitrogens is 2. The van der Waals surface area contributed by atoms with Gasteiger partial charge in [0, 0.05) is 0 Å². The minimum Gasteiger partial charge on any atom is -0.501 e. The number of ether oxygens (including phenoxy) is 1. The number of anilines is 1. The Labute approximate surface area is 220 Å². The molecular weight excluding hydrogens is 512 g/mol. The van der Waals surface area contributed by atoms with E-state index in [0.717, 1.165) is 22.1 Å². The molecule has 1 unspecified atom stereocenters. The molecule has 4 rings (SSSR count). The Hall–Kier alpha value is -4.71. The van der Waals surface area contributed by atoms with Gasteiger partial charge in [-0.05, 0) is 48.6 Å². The van der Waals surface area contributed by atoms with Gasteiger partial charge in [-0.2, -0.15) is 0 Å². The third kappa shape index (κ3) is 5.65. The maximum absolute atomic E-state index is 13.6. The molecular formula is C26H24N4O7S. The highest BCUT2D eigenvalue weighted by molar-refractivity contribution is 7.14. The highest BCUT2D eigenvalue weighted by Crippen LogP contribution is 2.33. The third-order valence-corrected chi connectivity index (χ3v) is 6.21. The quantitative estimate of drug-likeness (QED) is 0.243. The number of benzene rings is 2. The number of rotatable bonds is 6. The molecule has 2 amide bonds. The van der Waals surface area contributed by atoms with Crippen LogP contribution in [0.15, 0.2) is 58.7 Å². The number of thiophene rings is 1. The summed E-state index contributed by atoms with van der Waals surface area (Å²) in [5.74, 6) is -3.39. The summed E-state index contributed by atoms with van der Waals surface area (Å²) in [6.07, 6.45) is -0.799. The van der Waals surface area contributed by atoms with E-state index >= 15 is 0 Å². The van der Waals surface area contributed by atoms with Crippen LogP contribution in [0, 0.1) is 0 Å². The maximum Gasteiger partial charge on any atom is 0.408 e. The highest BCUT2D eigenvalue weighted by Gasteiger charge is 2.28. The van der Waals surface area contributed by atoms with Gasteiger partial charge in [0.25, 0.3) is 11.5 Å². The molecule has 0 aliphatic carbocycles. The molecule has 12 heteroatoms. The highest BCUT2D eigenvalue weighted by atomic mass is 32.1. The number of nitrogens with zero attached hydrogens (tertiary/aromatic N) is 1. The van der Waals surface area contributed by atoms with E-state index < -0.39 is 46.6 Å². The molecule has 2 aromatic carbocycles. The summed E-state index contributed by atoms with van der Waals surface area (Å²) in [5.41, 5.74) is -1.94. The number of aromatic amines is 1. The van der Waals surface area contributed by atoms with Crippen molar-refractivity contribution >= 4 is 45.8 Å². The van der Waals surface area contributed by atoms with E-state index in [2.05, 4.69) is 20.6 Å². The topological polar surface area (TPSA) is 171 Å². The lowest BCUT2D eigenvalue weighted by Gasteiger charge is -2.24. The first-order valence-corrected chi connectivity index (χ1v) is 12.2. The first-order valence-electron chi connectivity index (χ1n) is 11.4. The second kappa shape index (κ2) is 10.3. The number of fused-ring (bicyclic) bond motifs is 1. The van der Waals surface area contributed by atoms with Crippen LogP contribution in [-0.2, 0) is 9.53 Å². The predicted molar refractivity (Wildman–Crippen MR) is 141 cm³/mol. The fraction of sp³-hybridized carbons (Fsp3) is 0.192. The van der Waals surface area contributed by atoms with Gasteiger partial charge in [-0.3, -0.25) is 9.59 Å². The molecule has 196 valence electrons. The van der Waals surface area contributed by atoms with Crippen LogP contribution in [0.25, 0.3) is 21.5 Å². The average Bonchev–Trinajstić information content (AvgIpc) is 3.30. The molecule has 4 aromatic rings. The fourth-order valence-electron chi connectivity index (χ4n) is 3.73. The number of hydrogen-bond donors (Lipinski definition) is 5.